The molecule has 0 fully saturated rings. The third-order valence-electron chi connectivity index (χ3n) is 3.56. The van der Waals surface area contributed by atoms with E-state index in [1.54, 1.807) is 48.5 Å². The number of pyridine rings is 1. The number of benzene rings is 2. The molecule has 0 bridgehead atoms. The first-order chi connectivity index (χ1) is 12.5. The summed E-state index contributed by atoms with van der Waals surface area (Å²) in [6.07, 6.45) is 1.43. The van der Waals surface area contributed by atoms with E-state index in [9.17, 15) is 9.59 Å². The first-order valence-corrected chi connectivity index (χ1v) is 7.55. The summed E-state index contributed by atoms with van der Waals surface area (Å²) in [6.45, 7) is 0. The summed E-state index contributed by atoms with van der Waals surface area (Å²) in [5, 5.41) is 1.06. The monoisotopic (exact) mass is 349 g/mol. The number of nitrogens with two attached hydrogens (primary N) is 3. The number of aliphatic imine (C=N–C) groups is 1. The number of nitrogens with zero attached hydrogens (tertiary/aromatic N) is 2. The highest BCUT2D eigenvalue weighted by atomic mass is 16.5. The van der Waals surface area contributed by atoms with E-state index in [2.05, 4.69) is 9.98 Å². The van der Waals surface area contributed by atoms with Gasteiger partial charge in [0.05, 0.1) is 11.3 Å². The first-order valence-electron chi connectivity index (χ1n) is 7.55. The maximum atomic E-state index is 12.4. The topological polar surface area (TPSA) is 147 Å². The van der Waals surface area contributed by atoms with Crippen LogP contribution < -0.4 is 21.9 Å². The van der Waals surface area contributed by atoms with Gasteiger partial charge in [0.2, 0.25) is 0 Å². The Morgan fingerprint density at radius 2 is 1.65 bits per heavy atom. The lowest BCUT2D eigenvalue weighted by Crippen LogP contribution is -2.21. The van der Waals surface area contributed by atoms with E-state index in [-0.39, 0.29) is 11.7 Å². The summed E-state index contributed by atoms with van der Waals surface area (Å²) in [5.41, 5.74) is 16.9. The number of amides is 1. The second-order valence-corrected chi connectivity index (χ2v) is 5.35. The van der Waals surface area contributed by atoms with Crippen LogP contribution in [0.5, 0.6) is 5.75 Å². The largest absolute Gasteiger partial charge is 0.422 e. The Morgan fingerprint density at radius 1 is 0.923 bits per heavy atom. The Morgan fingerprint density at radius 3 is 2.31 bits per heavy atom. The summed E-state index contributed by atoms with van der Waals surface area (Å²) in [4.78, 5) is 31.7. The van der Waals surface area contributed by atoms with E-state index in [0.717, 1.165) is 0 Å². The van der Waals surface area contributed by atoms with Gasteiger partial charge in [-0.3, -0.25) is 9.78 Å². The number of carbonyl (C=O) groups excluding carboxylic acids is 2. The second kappa shape index (κ2) is 6.89. The molecule has 0 aliphatic carbocycles. The third kappa shape index (κ3) is 3.44. The molecule has 26 heavy (non-hydrogen) atoms. The molecule has 2 aromatic carbocycles. The molecule has 0 aliphatic rings. The summed E-state index contributed by atoms with van der Waals surface area (Å²) in [5.74, 6) is -0.999. The quantitative estimate of drug-likeness (QED) is 0.281. The van der Waals surface area contributed by atoms with E-state index < -0.39 is 11.9 Å². The van der Waals surface area contributed by atoms with Gasteiger partial charge in [-0.05, 0) is 36.4 Å². The minimum Gasteiger partial charge on any atom is -0.422 e. The summed E-state index contributed by atoms with van der Waals surface area (Å²) >= 11 is 0. The van der Waals surface area contributed by atoms with Crippen molar-refractivity contribution in [1.82, 2.24) is 4.98 Å². The number of fused-ring (bicyclic) bond motifs is 1. The van der Waals surface area contributed by atoms with Gasteiger partial charge in [-0.1, -0.05) is 12.1 Å². The van der Waals surface area contributed by atoms with Gasteiger partial charge in [-0.2, -0.15) is 0 Å². The van der Waals surface area contributed by atoms with Crippen molar-refractivity contribution >= 4 is 34.3 Å². The van der Waals surface area contributed by atoms with E-state index in [0.29, 0.717) is 27.8 Å². The Hall–Kier alpha value is -3.94. The van der Waals surface area contributed by atoms with Crippen molar-refractivity contribution in [3.63, 3.8) is 0 Å². The van der Waals surface area contributed by atoms with Crippen molar-refractivity contribution in [2.24, 2.45) is 22.2 Å². The minimum absolute atomic E-state index is 0.0741. The predicted molar refractivity (Wildman–Crippen MR) is 97.1 cm³/mol. The molecule has 0 atom stereocenters. The molecule has 0 unspecified atom stereocenters. The lowest BCUT2D eigenvalue weighted by atomic mass is 10.1. The van der Waals surface area contributed by atoms with Gasteiger partial charge in [0.25, 0.3) is 5.91 Å². The number of carbonyl (C=O) groups is 2. The Balaban J connectivity index is 1.91. The zero-order valence-electron chi connectivity index (χ0n) is 13.5. The van der Waals surface area contributed by atoms with Crippen LogP contribution >= 0.6 is 0 Å². The zero-order valence-corrected chi connectivity index (χ0v) is 13.5. The molecule has 0 radical (unpaired) electrons. The fraction of sp³-hybridized carbons (Fsp3) is 0. The lowest BCUT2D eigenvalue weighted by Gasteiger charge is -2.09. The van der Waals surface area contributed by atoms with E-state index in [4.69, 9.17) is 21.9 Å². The molecule has 1 aromatic heterocycles. The highest BCUT2D eigenvalue weighted by Gasteiger charge is 2.14. The number of ether oxygens (including phenoxy) is 1. The van der Waals surface area contributed by atoms with Crippen LogP contribution in [-0.4, -0.2) is 22.8 Å². The lowest BCUT2D eigenvalue weighted by molar-refractivity contribution is 0.0737. The Labute approximate surface area is 148 Å². The SMILES string of the molecule is NC(=O)c1nccc2c(OC(=O)c3ccc(N=C(N)N)cc3)cccc12. The molecule has 0 saturated heterocycles. The molecule has 3 aromatic rings. The second-order valence-electron chi connectivity index (χ2n) is 5.35. The number of rotatable bonds is 4. The van der Waals surface area contributed by atoms with Gasteiger partial charge in [0.1, 0.15) is 11.4 Å². The summed E-state index contributed by atoms with van der Waals surface area (Å²) in [6, 6.07) is 12.9. The molecular formula is C18H15N5O3. The van der Waals surface area contributed by atoms with Crippen molar-refractivity contribution in [1.29, 1.82) is 0 Å². The fourth-order valence-electron chi connectivity index (χ4n) is 2.44. The molecule has 8 nitrogen and oxygen atoms in total. The molecule has 0 aliphatic heterocycles. The molecule has 1 amide bonds. The van der Waals surface area contributed by atoms with Crippen molar-refractivity contribution < 1.29 is 14.3 Å². The molecular weight excluding hydrogens is 334 g/mol. The van der Waals surface area contributed by atoms with Crippen LogP contribution in [0.25, 0.3) is 10.8 Å². The van der Waals surface area contributed by atoms with Gasteiger partial charge in [-0.25, -0.2) is 9.79 Å². The minimum atomic E-state index is -0.658. The number of esters is 1. The van der Waals surface area contributed by atoms with Crippen LogP contribution in [0.3, 0.4) is 0 Å². The van der Waals surface area contributed by atoms with Gasteiger partial charge in [0.15, 0.2) is 5.96 Å². The molecule has 0 saturated carbocycles. The standard InChI is InChI=1S/C18H15N5O3/c19-16(24)15-13-2-1-3-14(12(13)8-9-22-15)26-17(25)10-4-6-11(7-5-10)23-18(20)21/h1-9H,(H2,19,24)(H4,20,21,23). The number of primary amides is 1. The average molecular weight is 349 g/mol. The van der Waals surface area contributed by atoms with Gasteiger partial charge >= 0.3 is 5.97 Å². The molecule has 6 N–H and O–H groups in total. The van der Waals surface area contributed by atoms with E-state index in [1.165, 1.54) is 6.20 Å². The van der Waals surface area contributed by atoms with Crippen molar-refractivity contribution in [3.8, 4) is 5.75 Å². The number of guanidine groups is 1. The van der Waals surface area contributed by atoms with Crippen LogP contribution in [0.1, 0.15) is 20.8 Å². The molecule has 0 spiro atoms. The van der Waals surface area contributed by atoms with Gasteiger partial charge in [-0.15, -0.1) is 0 Å². The maximum absolute atomic E-state index is 12.4. The van der Waals surface area contributed by atoms with Crippen LogP contribution in [-0.2, 0) is 0 Å². The highest BCUT2D eigenvalue weighted by molar-refractivity contribution is 6.06. The van der Waals surface area contributed by atoms with Crippen LogP contribution in [0.4, 0.5) is 5.69 Å². The Kier molecular flexibility index (Phi) is 4.48. The highest BCUT2D eigenvalue weighted by Crippen LogP contribution is 2.27. The summed E-state index contributed by atoms with van der Waals surface area (Å²) in [7, 11) is 0. The average Bonchev–Trinajstić information content (AvgIpc) is 2.61. The normalized spacial score (nSPS) is 10.3. The predicted octanol–water partition coefficient (Wildman–Crippen LogP) is 1.46. The smallest absolute Gasteiger partial charge is 0.343 e. The Bertz CT molecular complexity index is 1020. The van der Waals surface area contributed by atoms with Crippen LogP contribution in [0.15, 0.2) is 59.7 Å². The first kappa shape index (κ1) is 16.9. The van der Waals surface area contributed by atoms with E-state index in [1.807, 2.05) is 0 Å². The van der Waals surface area contributed by atoms with Gasteiger partial charge < -0.3 is 21.9 Å². The number of aromatic nitrogens is 1. The number of hydrogen-bond donors (Lipinski definition) is 3. The molecule has 8 heteroatoms. The summed E-state index contributed by atoms with van der Waals surface area (Å²) < 4.78 is 5.47. The molecule has 1 heterocycles. The van der Waals surface area contributed by atoms with Crippen molar-refractivity contribution in [2.45, 2.75) is 0 Å². The van der Waals surface area contributed by atoms with Crippen LogP contribution in [0.2, 0.25) is 0 Å². The zero-order chi connectivity index (χ0) is 18.7. The van der Waals surface area contributed by atoms with Crippen LogP contribution in [0, 0.1) is 0 Å². The third-order valence-corrected chi connectivity index (χ3v) is 3.56. The maximum Gasteiger partial charge on any atom is 0.343 e. The molecule has 3 rings (SSSR count). The van der Waals surface area contributed by atoms with Crippen molar-refractivity contribution in [3.05, 3.63) is 66.0 Å². The molecule has 130 valence electrons. The number of hydrogen-bond acceptors (Lipinski definition) is 5. The van der Waals surface area contributed by atoms with E-state index >= 15 is 0 Å². The van der Waals surface area contributed by atoms with Gasteiger partial charge in [0, 0.05) is 17.0 Å². The fourth-order valence-corrected chi connectivity index (χ4v) is 2.44. The van der Waals surface area contributed by atoms with Crippen molar-refractivity contribution in [2.75, 3.05) is 0 Å².